The highest BCUT2D eigenvalue weighted by molar-refractivity contribution is 8.02. The normalized spacial score (nSPS) is 28.9. The number of hydrogen-bond acceptors (Lipinski definition) is 5. The van der Waals surface area contributed by atoms with E-state index < -0.39 is 28.7 Å². The van der Waals surface area contributed by atoms with Crippen molar-refractivity contribution in [3.05, 3.63) is 71.8 Å². The standard InChI is InChI=1S/C29H35N3O4S/c1-18(2)31-27(35)25-29-14-13-22(37-29)23(26(34)30-16-20-11-7-4-8-12-20)24(29)28(36)32(25)21(17-33)15-19-9-5-3-6-10-19/h3-12,18,21-25,33H,13-17H2,1-2H3,(H,30,34)(H,31,35)/t21-,22+,23-,24+,25?,29?/m1/s1. The maximum atomic E-state index is 14.2. The molecular weight excluding hydrogens is 486 g/mol. The fourth-order valence-corrected chi connectivity index (χ4v) is 8.69. The van der Waals surface area contributed by atoms with Crippen molar-refractivity contribution < 1.29 is 19.5 Å². The van der Waals surface area contributed by atoms with E-state index in [-0.39, 0.29) is 35.6 Å². The van der Waals surface area contributed by atoms with E-state index in [9.17, 15) is 19.5 Å². The summed E-state index contributed by atoms with van der Waals surface area (Å²) in [7, 11) is 0. The predicted molar refractivity (Wildman–Crippen MR) is 144 cm³/mol. The summed E-state index contributed by atoms with van der Waals surface area (Å²) in [4.78, 5) is 43.1. The molecule has 2 aromatic rings. The van der Waals surface area contributed by atoms with Crippen LogP contribution in [0.3, 0.4) is 0 Å². The minimum atomic E-state index is -0.727. The van der Waals surface area contributed by atoms with Gasteiger partial charge in [-0.3, -0.25) is 14.4 Å². The summed E-state index contributed by atoms with van der Waals surface area (Å²) in [5.41, 5.74) is 1.99. The molecule has 37 heavy (non-hydrogen) atoms. The number of fused-ring (bicyclic) bond motifs is 1. The zero-order valence-corrected chi connectivity index (χ0v) is 22.1. The molecule has 0 aromatic heterocycles. The van der Waals surface area contributed by atoms with Crippen molar-refractivity contribution in [3.63, 3.8) is 0 Å². The zero-order chi connectivity index (χ0) is 26.2. The second kappa shape index (κ2) is 10.5. The molecule has 3 aliphatic rings. The Morgan fingerprint density at radius 3 is 2.32 bits per heavy atom. The van der Waals surface area contributed by atoms with Gasteiger partial charge in [0.25, 0.3) is 0 Å². The molecule has 5 rings (SSSR count). The molecule has 196 valence electrons. The molecule has 2 bridgehead atoms. The summed E-state index contributed by atoms with van der Waals surface area (Å²) in [6.07, 6.45) is 1.94. The van der Waals surface area contributed by atoms with Gasteiger partial charge >= 0.3 is 0 Å². The summed E-state index contributed by atoms with van der Waals surface area (Å²) in [6.45, 7) is 3.95. The van der Waals surface area contributed by atoms with Crippen molar-refractivity contribution in [2.45, 2.75) is 67.8 Å². The highest BCUT2D eigenvalue weighted by atomic mass is 32.2. The first-order valence-corrected chi connectivity index (χ1v) is 14.0. The fraction of sp³-hybridized carbons (Fsp3) is 0.483. The monoisotopic (exact) mass is 521 g/mol. The van der Waals surface area contributed by atoms with Gasteiger partial charge in [0.15, 0.2) is 0 Å². The third-order valence-electron chi connectivity index (χ3n) is 7.95. The zero-order valence-electron chi connectivity index (χ0n) is 21.3. The van der Waals surface area contributed by atoms with Gasteiger partial charge in [-0.1, -0.05) is 60.7 Å². The molecule has 0 aliphatic carbocycles. The fourth-order valence-electron chi connectivity index (χ4n) is 6.49. The molecule has 0 radical (unpaired) electrons. The van der Waals surface area contributed by atoms with E-state index in [1.807, 2.05) is 74.5 Å². The predicted octanol–water partition coefficient (Wildman–Crippen LogP) is 2.52. The first-order chi connectivity index (χ1) is 17.9. The number of carbonyl (C=O) groups excluding carboxylic acids is 3. The van der Waals surface area contributed by atoms with Gasteiger partial charge < -0.3 is 20.6 Å². The van der Waals surface area contributed by atoms with Gasteiger partial charge in [0.05, 0.1) is 29.2 Å². The summed E-state index contributed by atoms with van der Waals surface area (Å²) < 4.78 is -0.667. The van der Waals surface area contributed by atoms with E-state index in [1.165, 1.54) is 0 Å². The van der Waals surface area contributed by atoms with Crippen LogP contribution in [0.15, 0.2) is 60.7 Å². The lowest BCUT2D eigenvalue weighted by molar-refractivity contribution is -0.142. The highest BCUT2D eigenvalue weighted by Gasteiger charge is 2.74. The van der Waals surface area contributed by atoms with Gasteiger partial charge in [0.2, 0.25) is 17.7 Å². The summed E-state index contributed by atoms with van der Waals surface area (Å²) in [6, 6.07) is 18.1. The number of rotatable bonds is 9. The largest absolute Gasteiger partial charge is 0.394 e. The van der Waals surface area contributed by atoms with Crippen molar-refractivity contribution >= 4 is 29.5 Å². The average molecular weight is 522 g/mol. The number of aliphatic hydroxyl groups excluding tert-OH is 1. The lowest BCUT2D eigenvalue weighted by atomic mass is 9.70. The van der Waals surface area contributed by atoms with E-state index in [4.69, 9.17) is 0 Å². The molecule has 0 saturated carbocycles. The molecule has 2 unspecified atom stereocenters. The van der Waals surface area contributed by atoms with E-state index >= 15 is 0 Å². The maximum Gasteiger partial charge on any atom is 0.244 e. The molecule has 6 atom stereocenters. The van der Waals surface area contributed by atoms with Gasteiger partial charge in [-0.25, -0.2) is 0 Å². The van der Waals surface area contributed by atoms with Crippen LogP contribution in [0, 0.1) is 11.8 Å². The Balaban J connectivity index is 1.46. The Kier molecular flexibility index (Phi) is 7.32. The number of likely N-dealkylation sites (tertiary alicyclic amines) is 1. The van der Waals surface area contributed by atoms with Crippen LogP contribution < -0.4 is 10.6 Å². The molecule has 3 heterocycles. The minimum absolute atomic E-state index is 0.00271. The van der Waals surface area contributed by atoms with Crippen molar-refractivity contribution in [2.75, 3.05) is 6.61 Å². The third-order valence-corrected chi connectivity index (χ3v) is 9.90. The Labute approximate surface area is 222 Å². The number of nitrogens with one attached hydrogen (secondary N) is 2. The smallest absolute Gasteiger partial charge is 0.244 e. The van der Waals surface area contributed by atoms with Crippen molar-refractivity contribution in [3.8, 4) is 0 Å². The third kappa shape index (κ3) is 4.66. The van der Waals surface area contributed by atoms with E-state index in [2.05, 4.69) is 10.6 Å². The lowest BCUT2D eigenvalue weighted by Crippen LogP contribution is -2.57. The van der Waals surface area contributed by atoms with Crippen LogP contribution in [0.25, 0.3) is 0 Å². The van der Waals surface area contributed by atoms with Gasteiger partial charge in [-0.05, 0) is 44.2 Å². The number of amides is 3. The molecule has 3 saturated heterocycles. The molecule has 7 nitrogen and oxygen atoms in total. The lowest BCUT2D eigenvalue weighted by Gasteiger charge is -2.37. The molecule has 3 aliphatic heterocycles. The van der Waals surface area contributed by atoms with Crippen LogP contribution in [-0.2, 0) is 27.3 Å². The Morgan fingerprint density at radius 1 is 1.05 bits per heavy atom. The number of benzene rings is 2. The number of hydrogen-bond donors (Lipinski definition) is 3. The van der Waals surface area contributed by atoms with Gasteiger partial charge in [0.1, 0.15) is 6.04 Å². The Morgan fingerprint density at radius 2 is 1.70 bits per heavy atom. The van der Waals surface area contributed by atoms with Gasteiger partial charge in [-0.2, -0.15) is 0 Å². The second-order valence-corrected chi connectivity index (χ2v) is 12.3. The molecule has 8 heteroatoms. The van der Waals surface area contributed by atoms with Crippen LogP contribution in [0.1, 0.15) is 37.8 Å². The Hall–Kier alpha value is -2.84. The number of thioether (sulfide) groups is 1. The maximum absolute atomic E-state index is 14.2. The molecular formula is C29H35N3O4S. The van der Waals surface area contributed by atoms with Crippen molar-refractivity contribution in [1.82, 2.24) is 15.5 Å². The summed E-state index contributed by atoms with van der Waals surface area (Å²) >= 11 is 1.65. The summed E-state index contributed by atoms with van der Waals surface area (Å²) in [5.74, 6) is -1.59. The van der Waals surface area contributed by atoms with Gasteiger partial charge in [-0.15, -0.1) is 11.8 Å². The number of carbonyl (C=O) groups is 3. The van der Waals surface area contributed by atoms with Crippen LogP contribution in [0.4, 0.5) is 0 Å². The number of aliphatic hydroxyl groups is 1. The Bertz CT molecular complexity index is 1140. The van der Waals surface area contributed by atoms with Gasteiger partial charge in [0, 0.05) is 17.8 Å². The molecule has 2 aromatic carbocycles. The van der Waals surface area contributed by atoms with Crippen molar-refractivity contribution in [1.29, 1.82) is 0 Å². The molecule has 3 fully saturated rings. The van der Waals surface area contributed by atoms with Crippen LogP contribution in [0.5, 0.6) is 0 Å². The number of nitrogens with zero attached hydrogens (tertiary/aromatic N) is 1. The average Bonchev–Trinajstić information content (AvgIpc) is 3.54. The minimum Gasteiger partial charge on any atom is -0.394 e. The first-order valence-electron chi connectivity index (χ1n) is 13.1. The topological polar surface area (TPSA) is 98.7 Å². The summed E-state index contributed by atoms with van der Waals surface area (Å²) in [5, 5.41) is 16.5. The van der Waals surface area contributed by atoms with Crippen LogP contribution in [-0.4, -0.2) is 62.5 Å². The SMILES string of the molecule is CC(C)NC(=O)C1N([C@@H](CO)Cc2ccccc2)C(=O)[C@@H]2[C@H](C(=O)NCc3ccccc3)[C@@H]3CCC12S3. The van der Waals surface area contributed by atoms with Crippen molar-refractivity contribution in [2.24, 2.45) is 11.8 Å². The molecule has 3 amide bonds. The van der Waals surface area contributed by atoms with E-state index in [1.54, 1.807) is 16.7 Å². The van der Waals surface area contributed by atoms with Crippen LogP contribution in [0.2, 0.25) is 0 Å². The van der Waals surface area contributed by atoms with Crippen LogP contribution >= 0.6 is 11.8 Å². The molecule has 1 spiro atoms. The first kappa shape index (κ1) is 25.8. The molecule has 3 N–H and O–H groups in total. The quantitative estimate of drug-likeness (QED) is 0.471. The highest BCUT2D eigenvalue weighted by Crippen LogP contribution is 2.66. The second-order valence-electron chi connectivity index (χ2n) is 10.7. The van der Waals surface area contributed by atoms with E-state index in [0.717, 1.165) is 17.5 Å². The van der Waals surface area contributed by atoms with E-state index in [0.29, 0.717) is 19.4 Å².